The lowest BCUT2D eigenvalue weighted by Crippen LogP contribution is -2.23. The van der Waals surface area contributed by atoms with Crippen LogP contribution >= 0.6 is 0 Å². The Balaban J connectivity index is 2.18. The summed E-state index contributed by atoms with van der Waals surface area (Å²) < 4.78 is 1.97. The molecule has 19 heavy (non-hydrogen) atoms. The smallest absolute Gasteiger partial charge is 0.0522 e. The molecule has 0 aliphatic rings. The minimum absolute atomic E-state index is 0.299. The van der Waals surface area contributed by atoms with Crippen molar-refractivity contribution in [3.63, 3.8) is 0 Å². The van der Waals surface area contributed by atoms with Crippen LogP contribution in [0, 0.1) is 6.92 Å². The lowest BCUT2D eigenvalue weighted by Gasteiger charge is -2.19. The summed E-state index contributed by atoms with van der Waals surface area (Å²) in [6, 6.07) is 4.45. The second-order valence-corrected chi connectivity index (χ2v) is 4.70. The topological polar surface area (TPSA) is 42.7 Å². The van der Waals surface area contributed by atoms with E-state index in [0.29, 0.717) is 6.04 Å². The zero-order valence-electron chi connectivity index (χ0n) is 11.9. The Morgan fingerprint density at radius 1 is 1.37 bits per heavy atom. The van der Waals surface area contributed by atoms with E-state index in [-0.39, 0.29) is 0 Å². The van der Waals surface area contributed by atoms with Crippen LogP contribution < -0.4 is 5.32 Å². The summed E-state index contributed by atoms with van der Waals surface area (Å²) in [6.07, 6.45) is 6.87. The molecule has 2 aromatic rings. The molecule has 0 amide bonds. The van der Waals surface area contributed by atoms with E-state index in [1.807, 2.05) is 23.1 Å². The van der Waals surface area contributed by atoms with Crippen molar-refractivity contribution < 1.29 is 0 Å². The molecule has 0 radical (unpaired) electrons. The van der Waals surface area contributed by atoms with Crippen molar-refractivity contribution in [2.45, 2.75) is 39.8 Å². The maximum atomic E-state index is 4.38. The van der Waals surface area contributed by atoms with Crippen LogP contribution in [0.15, 0.2) is 30.7 Å². The summed E-state index contributed by atoms with van der Waals surface area (Å²) in [6.45, 7) is 8.16. The molecule has 0 aliphatic carbocycles. The van der Waals surface area contributed by atoms with Crippen molar-refractivity contribution in [3.05, 3.63) is 47.5 Å². The summed E-state index contributed by atoms with van der Waals surface area (Å²) >= 11 is 0. The van der Waals surface area contributed by atoms with Gasteiger partial charge in [0.05, 0.1) is 6.20 Å². The van der Waals surface area contributed by atoms with E-state index in [2.05, 4.69) is 48.4 Å². The van der Waals surface area contributed by atoms with E-state index in [4.69, 9.17) is 0 Å². The van der Waals surface area contributed by atoms with Gasteiger partial charge in [0.1, 0.15) is 0 Å². The van der Waals surface area contributed by atoms with Gasteiger partial charge in [-0.15, -0.1) is 0 Å². The third kappa shape index (κ3) is 3.41. The first kappa shape index (κ1) is 13.7. The summed E-state index contributed by atoms with van der Waals surface area (Å²) in [5, 5.41) is 7.88. The van der Waals surface area contributed by atoms with Crippen LogP contribution in [0.3, 0.4) is 0 Å². The Hall–Kier alpha value is -1.68. The molecule has 0 aliphatic heterocycles. The minimum atomic E-state index is 0.299. The molecule has 0 aromatic carbocycles. The number of hydrogen-bond donors (Lipinski definition) is 1. The van der Waals surface area contributed by atoms with Crippen LogP contribution in [0.4, 0.5) is 0 Å². The van der Waals surface area contributed by atoms with Gasteiger partial charge in [-0.1, -0.05) is 13.0 Å². The number of aromatic nitrogens is 3. The van der Waals surface area contributed by atoms with E-state index in [1.54, 1.807) is 0 Å². The third-order valence-corrected chi connectivity index (χ3v) is 3.32. The molecule has 0 spiro atoms. The molecule has 0 saturated carbocycles. The lowest BCUT2D eigenvalue weighted by atomic mass is 9.99. The number of aryl methyl sites for hydroxylation is 2. The molecular weight excluding hydrogens is 236 g/mol. The molecule has 0 bridgehead atoms. The largest absolute Gasteiger partial charge is 0.310 e. The van der Waals surface area contributed by atoms with Crippen LogP contribution in [0.25, 0.3) is 0 Å². The number of nitrogens with one attached hydrogen (secondary N) is 1. The first-order valence-corrected chi connectivity index (χ1v) is 6.90. The minimum Gasteiger partial charge on any atom is -0.310 e. The number of likely N-dealkylation sites (N-methyl/N-ethyl adjacent to an activating group) is 1. The first-order chi connectivity index (χ1) is 9.24. The van der Waals surface area contributed by atoms with Gasteiger partial charge in [0.15, 0.2) is 0 Å². The number of hydrogen-bond acceptors (Lipinski definition) is 3. The van der Waals surface area contributed by atoms with Crippen LogP contribution in [0.1, 0.15) is 36.7 Å². The number of rotatable bonds is 6. The third-order valence-electron chi connectivity index (χ3n) is 3.32. The van der Waals surface area contributed by atoms with Crippen molar-refractivity contribution >= 4 is 0 Å². The second-order valence-electron chi connectivity index (χ2n) is 4.70. The first-order valence-electron chi connectivity index (χ1n) is 6.90. The van der Waals surface area contributed by atoms with Crippen molar-refractivity contribution in [2.75, 3.05) is 6.54 Å². The van der Waals surface area contributed by atoms with Crippen LogP contribution in [0.2, 0.25) is 0 Å². The predicted molar refractivity (Wildman–Crippen MR) is 77.0 cm³/mol. The van der Waals surface area contributed by atoms with Gasteiger partial charge >= 0.3 is 0 Å². The highest BCUT2D eigenvalue weighted by Crippen LogP contribution is 2.20. The fourth-order valence-electron chi connectivity index (χ4n) is 2.32. The van der Waals surface area contributed by atoms with Crippen LogP contribution in [0.5, 0.6) is 0 Å². The van der Waals surface area contributed by atoms with Gasteiger partial charge in [-0.05, 0) is 44.0 Å². The van der Waals surface area contributed by atoms with Crippen molar-refractivity contribution in [1.29, 1.82) is 0 Å². The monoisotopic (exact) mass is 258 g/mol. The van der Waals surface area contributed by atoms with Gasteiger partial charge in [0, 0.05) is 30.7 Å². The maximum absolute atomic E-state index is 4.38. The SMILES string of the molecule is CCNC(Cc1cnn(CC)c1)c1cccnc1C. The van der Waals surface area contributed by atoms with E-state index in [9.17, 15) is 0 Å². The molecule has 2 rings (SSSR count). The van der Waals surface area contributed by atoms with Gasteiger partial charge in [0.2, 0.25) is 0 Å². The fourth-order valence-corrected chi connectivity index (χ4v) is 2.32. The summed E-state index contributed by atoms with van der Waals surface area (Å²) in [5.41, 5.74) is 3.63. The van der Waals surface area contributed by atoms with Gasteiger partial charge in [-0.25, -0.2) is 0 Å². The van der Waals surface area contributed by atoms with Crippen molar-refractivity contribution in [3.8, 4) is 0 Å². The molecule has 102 valence electrons. The molecule has 0 fully saturated rings. The lowest BCUT2D eigenvalue weighted by molar-refractivity contribution is 0.544. The number of nitrogens with zero attached hydrogens (tertiary/aromatic N) is 3. The molecule has 1 unspecified atom stereocenters. The van der Waals surface area contributed by atoms with Gasteiger partial charge in [0.25, 0.3) is 0 Å². The fraction of sp³-hybridized carbons (Fsp3) is 0.467. The molecule has 0 saturated heterocycles. The van der Waals surface area contributed by atoms with Crippen LogP contribution in [-0.4, -0.2) is 21.3 Å². The Morgan fingerprint density at radius 2 is 2.21 bits per heavy atom. The highest BCUT2D eigenvalue weighted by atomic mass is 15.3. The van der Waals surface area contributed by atoms with Crippen molar-refractivity contribution in [2.24, 2.45) is 0 Å². The average Bonchev–Trinajstić information content (AvgIpc) is 2.87. The Kier molecular flexibility index (Phi) is 4.68. The molecule has 1 atom stereocenters. The van der Waals surface area contributed by atoms with Crippen LogP contribution in [-0.2, 0) is 13.0 Å². The highest BCUT2D eigenvalue weighted by molar-refractivity contribution is 5.24. The van der Waals surface area contributed by atoms with Gasteiger partial charge in [-0.2, -0.15) is 5.10 Å². The van der Waals surface area contributed by atoms with E-state index < -0.39 is 0 Å². The quantitative estimate of drug-likeness (QED) is 0.865. The predicted octanol–water partition coefficient (Wildman–Crippen LogP) is 2.50. The van der Waals surface area contributed by atoms with E-state index >= 15 is 0 Å². The highest BCUT2D eigenvalue weighted by Gasteiger charge is 2.14. The summed E-state index contributed by atoms with van der Waals surface area (Å²) in [4.78, 5) is 4.38. The van der Waals surface area contributed by atoms with E-state index in [1.165, 1.54) is 11.1 Å². The van der Waals surface area contributed by atoms with Crippen molar-refractivity contribution in [1.82, 2.24) is 20.1 Å². The zero-order chi connectivity index (χ0) is 13.7. The second kappa shape index (κ2) is 6.48. The summed E-state index contributed by atoms with van der Waals surface area (Å²) in [5.74, 6) is 0. The Labute approximate surface area is 114 Å². The molecule has 4 heteroatoms. The standard InChI is InChI=1S/C15H22N4/c1-4-16-15(14-7-6-8-17-12(14)3)9-13-10-18-19(5-2)11-13/h6-8,10-11,15-16H,4-5,9H2,1-3H3. The molecular formula is C15H22N4. The van der Waals surface area contributed by atoms with Gasteiger partial charge < -0.3 is 5.32 Å². The Morgan fingerprint density at radius 3 is 2.84 bits per heavy atom. The number of pyridine rings is 1. The summed E-state index contributed by atoms with van der Waals surface area (Å²) in [7, 11) is 0. The average molecular weight is 258 g/mol. The zero-order valence-corrected chi connectivity index (χ0v) is 11.9. The Bertz CT molecular complexity index is 518. The van der Waals surface area contributed by atoms with E-state index in [0.717, 1.165) is 25.2 Å². The molecule has 2 heterocycles. The van der Waals surface area contributed by atoms with Gasteiger partial charge in [-0.3, -0.25) is 9.67 Å². The normalized spacial score (nSPS) is 12.6. The maximum Gasteiger partial charge on any atom is 0.0522 e. The molecule has 2 aromatic heterocycles. The molecule has 4 nitrogen and oxygen atoms in total. The molecule has 1 N–H and O–H groups in total.